The number of ether oxygens (including phenoxy) is 1. The number of benzene rings is 1. The van der Waals surface area contributed by atoms with Crippen molar-refractivity contribution in [2.45, 2.75) is 25.8 Å². The van der Waals surface area contributed by atoms with Crippen molar-refractivity contribution in [1.29, 1.82) is 0 Å². The number of nitrogens with one attached hydrogen (secondary N) is 1. The van der Waals surface area contributed by atoms with E-state index in [1.54, 1.807) is 7.11 Å². The highest BCUT2D eigenvalue weighted by molar-refractivity contribution is 6.30. The summed E-state index contributed by atoms with van der Waals surface area (Å²) in [5.41, 5.74) is 2.61. The number of hydrogen-bond acceptors (Lipinski definition) is 2. The number of halogens is 1. The standard InChI is InChI=1S/C12H16ClNO/c1-3-11-10-6-8(13)7-12(15-2)9(10)4-5-14-11/h6-7,11,14H,3-5H2,1-2H3. The van der Waals surface area contributed by atoms with Crippen molar-refractivity contribution in [2.75, 3.05) is 13.7 Å². The lowest BCUT2D eigenvalue weighted by atomic mass is 9.92. The van der Waals surface area contributed by atoms with Crippen LogP contribution < -0.4 is 10.1 Å². The van der Waals surface area contributed by atoms with Crippen LogP contribution in [0.1, 0.15) is 30.5 Å². The Morgan fingerprint density at radius 1 is 1.53 bits per heavy atom. The Morgan fingerprint density at radius 2 is 2.33 bits per heavy atom. The van der Waals surface area contributed by atoms with Gasteiger partial charge in [0.1, 0.15) is 5.75 Å². The second kappa shape index (κ2) is 4.42. The van der Waals surface area contributed by atoms with Crippen LogP contribution in [-0.4, -0.2) is 13.7 Å². The topological polar surface area (TPSA) is 21.3 Å². The molecule has 1 atom stereocenters. The van der Waals surface area contributed by atoms with E-state index in [2.05, 4.69) is 18.3 Å². The lowest BCUT2D eigenvalue weighted by molar-refractivity contribution is 0.399. The van der Waals surface area contributed by atoms with E-state index < -0.39 is 0 Å². The summed E-state index contributed by atoms with van der Waals surface area (Å²) in [5.74, 6) is 0.928. The van der Waals surface area contributed by atoms with E-state index in [0.29, 0.717) is 6.04 Å². The van der Waals surface area contributed by atoms with E-state index in [-0.39, 0.29) is 0 Å². The Kier molecular flexibility index (Phi) is 3.17. The maximum Gasteiger partial charge on any atom is 0.123 e. The van der Waals surface area contributed by atoms with Crippen molar-refractivity contribution in [1.82, 2.24) is 5.32 Å². The molecule has 3 heteroatoms. The van der Waals surface area contributed by atoms with Gasteiger partial charge in [-0.25, -0.2) is 0 Å². The second-order valence-electron chi connectivity index (χ2n) is 3.84. The summed E-state index contributed by atoms with van der Waals surface area (Å²) in [4.78, 5) is 0. The molecule has 1 aromatic rings. The van der Waals surface area contributed by atoms with Gasteiger partial charge in [-0.15, -0.1) is 0 Å². The largest absolute Gasteiger partial charge is 0.496 e. The molecule has 1 aliphatic rings. The molecule has 0 spiro atoms. The predicted molar refractivity (Wildman–Crippen MR) is 62.7 cm³/mol. The van der Waals surface area contributed by atoms with Crippen LogP contribution in [0.2, 0.25) is 5.02 Å². The van der Waals surface area contributed by atoms with Gasteiger partial charge >= 0.3 is 0 Å². The molecule has 2 nitrogen and oxygen atoms in total. The van der Waals surface area contributed by atoms with Crippen LogP contribution in [0.3, 0.4) is 0 Å². The molecule has 0 saturated heterocycles. The number of hydrogen-bond donors (Lipinski definition) is 1. The number of rotatable bonds is 2. The van der Waals surface area contributed by atoms with Gasteiger partial charge in [0.25, 0.3) is 0 Å². The molecular weight excluding hydrogens is 210 g/mol. The van der Waals surface area contributed by atoms with E-state index >= 15 is 0 Å². The van der Waals surface area contributed by atoms with Gasteiger partial charge < -0.3 is 10.1 Å². The van der Waals surface area contributed by atoms with Crippen molar-refractivity contribution in [3.8, 4) is 5.75 Å². The third-order valence-corrected chi connectivity index (χ3v) is 3.20. The summed E-state index contributed by atoms with van der Waals surface area (Å²) < 4.78 is 5.37. The van der Waals surface area contributed by atoms with Crippen molar-refractivity contribution in [3.05, 3.63) is 28.3 Å². The third-order valence-electron chi connectivity index (χ3n) is 2.98. The molecule has 0 fully saturated rings. The molecule has 0 amide bonds. The van der Waals surface area contributed by atoms with Gasteiger partial charge in [0.15, 0.2) is 0 Å². The van der Waals surface area contributed by atoms with Crippen LogP contribution in [0.5, 0.6) is 5.75 Å². The zero-order chi connectivity index (χ0) is 10.8. The first-order chi connectivity index (χ1) is 7.26. The van der Waals surface area contributed by atoms with E-state index in [9.17, 15) is 0 Å². The minimum Gasteiger partial charge on any atom is -0.496 e. The van der Waals surface area contributed by atoms with Crippen molar-refractivity contribution < 1.29 is 4.74 Å². The summed E-state index contributed by atoms with van der Waals surface area (Å²) in [7, 11) is 1.70. The molecule has 1 N–H and O–H groups in total. The normalized spacial score (nSPS) is 19.8. The first-order valence-corrected chi connectivity index (χ1v) is 5.73. The van der Waals surface area contributed by atoms with Gasteiger partial charge in [0.2, 0.25) is 0 Å². The minimum absolute atomic E-state index is 0.418. The predicted octanol–water partition coefficient (Wildman–Crippen LogP) is 2.95. The molecule has 0 bridgehead atoms. The van der Waals surface area contributed by atoms with Crippen LogP contribution in [0, 0.1) is 0 Å². The van der Waals surface area contributed by atoms with Crippen molar-refractivity contribution in [3.63, 3.8) is 0 Å². The van der Waals surface area contributed by atoms with Gasteiger partial charge in [-0.3, -0.25) is 0 Å². The second-order valence-corrected chi connectivity index (χ2v) is 4.28. The summed E-state index contributed by atoms with van der Waals surface area (Å²) >= 11 is 6.08. The van der Waals surface area contributed by atoms with Crippen LogP contribution >= 0.6 is 11.6 Å². The summed E-state index contributed by atoms with van der Waals surface area (Å²) in [6.07, 6.45) is 2.10. The average molecular weight is 226 g/mol. The van der Waals surface area contributed by atoms with Gasteiger partial charge in [-0.1, -0.05) is 18.5 Å². The zero-order valence-electron chi connectivity index (χ0n) is 9.14. The quantitative estimate of drug-likeness (QED) is 0.836. The molecule has 0 radical (unpaired) electrons. The summed E-state index contributed by atoms with van der Waals surface area (Å²) in [5, 5.41) is 4.25. The van der Waals surface area contributed by atoms with Crippen LogP contribution in [0.25, 0.3) is 0 Å². The Morgan fingerprint density at radius 3 is 3.00 bits per heavy atom. The molecule has 82 valence electrons. The Balaban J connectivity index is 2.51. The average Bonchev–Trinajstić information content (AvgIpc) is 2.27. The van der Waals surface area contributed by atoms with E-state index in [1.165, 1.54) is 11.1 Å². The molecule has 0 aliphatic carbocycles. The highest BCUT2D eigenvalue weighted by Crippen LogP contribution is 2.34. The molecule has 15 heavy (non-hydrogen) atoms. The Bertz CT molecular complexity index is 365. The summed E-state index contributed by atoms with van der Waals surface area (Å²) in [6, 6.07) is 4.37. The third kappa shape index (κ3) is 1.97. The van der Waals surface area contributed by atoms with E-state index in [0.717, 1.165) is 30.2 Å². The van der Waals surface area contributed by atoms with E-state index in [4.69, 9.17) is 16.3 Å². The van der Waals surface area contributed by atoms with Gasteiger partial charge in [-0.2, -0.15) is 0 Å². The highest BCUT2D eigenvalue weighted by atomic mass is 35.5. The number of methoxy groups -OCH3 is 1. The molecule has 0 saturated carbocycles. The molecule has 0 aromatic heterocycles. The number of fused-ring (bicyclic) bond motifs is 1. The first-order valence-electron chi connectivity index (χ1n) is 5.36. The molecule has 2 rings (SSSR count). The fourth-order valence-electron chi connectivity index (χ4n) is 2.24. The van der Waals surface area contributed by atoms with Crippen LogP contribution in [-0.2, 0) is 6.42 Å². The van der Waals surface area contributed by atoms with Crippen molar-refractivity contribution >= 4 is 11.6 Å². The Hall–Kier alpha value is -0.730. The maximum atomic E-state index is 6.08. The zero-order valence-corrected chi connectivity index (χ0v) is 9.90. The lowest BCUT2D eigenvalue weighted by Crippen LogP contribution is -2.29. The fraction of sp³-hybridized carbons (Fsp3) is 0.500. The maximum absolute atomic E-state index is 6.08. The molecule has 1 aliphatic heterocycles. The molecule has 1 unspecified atom stereocenters. The van der Waals surface area contributed by atoms with Crippen LogP contribution in [0.4, 0.5) is 0 Å². The van der Waals surface area contributed by atoms with Gasteiger partial charge in [0, 0.05) is 16.6 Å². The molecular formula is C12H16ClNO. The Labute approximate surface area is 95.6 Å². The highest BCUT2D eigenvalue weighted by Gasteiger charge is 2.21. The van der Waals surface area contributed by atoms with Gasteiger partial charge in [-0.05, 0) is 37.1 Å². The fourth-order valence-corrected chi connectivity index (χ4v) is 2.45. The van der Waals surface area contributed by atoms with Crippen LogP contribution in [0.15, 0.2) is 12.1 Å². The molecule has 1 aromatic carbocycles. The van der Waals surface area contributed by atoms with Crippen molar-refractivity contribution in [2.24, 2.45) is 0 Å². The SMILES string of the molecule is CCC1NCCc2c(OC)cc(Cl)cc21. The lowest BCUT2D eigenvalue weighted by Gasteiger charge is -2.27. The first kappa shape index (κ1) is 10.8. The van der Waals surface area contributed by atoms with E-state index in [1.807, 2.05) is 6.07 Å². The van der Waals surface area contributed by atoms with Gasteiger partial charge in [0.05, 0.1) is 7.11 Å². The monoisotopic (exact) mass is 225 g/mol. The smallest absolute Gasteiger partial charge is 0.123 e. The summed E-state index contributed by atoms with van der Waals surface area (Å²) in [6.45, 7) is 3.20. The molecule has 1 heterocycles. The minimum atomic E-state index is 0.418.